The largest absolute Gasteiger partial charge is 0.468 e. The highest BCUT2D eigenvalue weighted by Crippen LogP contribution is 2.22. The molecule has 0 aromatic rings. The maximum Gasteiger partial charge on any atom is 0.325 e. The lowest BCUT2D eigenvalue weighted by molar-refractivity contribution is -0.143. The number of hydrogen-bond donors (Lipinski definition) is 1. The van der Waals surface area contributed by atoms with E-state index in [0.717, 1.165) is 0 Å². The molecule has 0 radical (unpaired) electrons. The first-order chi connectivity index (χ1) is 8.01. The quantitative estimate of drug-likeness (QED) is 0.469. The second kappa shape index (κ2) is 5.62. The van der Waals surface area contributed by atoms with Crippen molar-refractivity contribution < 1.29 is 23.9 Å². The number of methoxy groups -OCH3 is 2. The first-order valence-corrected chi connectivity index (χ1v) is 5.19. The highest BCUT2D eigenvalue weighted by Gasteiger charge is 2.46. The van der Waals surface area contributed by atoms with Gasteiger partial charge in [0.2, 0.25) is 5.91 Å². The van der Waals surface area contributed by atoms with E-state index in [1.807, 2.05) is 0 Å². The molecule has 1 rings (SSSR count). The molecule has 7 heteroatoms. The minimum atomic E-state index is -0.513. The molecule has 1 aliphatic rings. The molecular weight excluding hydrogens is 228 g/mol. The summed E-state index contributed by atoms with van der Waals surface area (Å²) in [6.45, 7) is 1.99. The van der Waals surface area contributed by atoms with Crippen molar-refractivity contribution in [1.29, 1.82) is 0 Å². The number of amides is 1. The SMILES string of the molecule is COC(=O)CNC(=O)C(C)N1CC1C(=O)OC. The molecule has 3 unspecified atom stereocenters. The topological polar surface area (TPSA) is 84.7 Å². The summed E-state index contributed by atoms with van der Waals surface area (Å²) in [5, 5.41) is 2.42. The number of esters is 2. The van der Waals surface area contributed by atoms with E-state index in [2.05, 4.69) is 14.8 Å². The van der Waals surface area contributed by atoms with Crippen LogP contribution < -0.4 is 5.32 Å². The van der Waals surface area contributed by atoms with E-state index in [9.17, 15) is 14.4 Å². The van der Waals surface area contributed by atoms with Crippen LogP contribution in [0.5, 0.6) is 0 Å². The first kappa shape index (κ1) is 13.4. The molecule has 1 N–H and O–H groups in total. The van der Waals surface area contributed by atoms with Crippen LogP contribution in [-0.4, -0.2) is 62.1 Å². The number of hydrogen-bond acceptors (Lipinski definition) is 6. The van der Waals surface area contributed by atoms with Gasteiger partial charge in [0.25, 0.3) is 0 Å². The fourth-order valence-corrected chi connectivity index (χ4v) is 1.46. The molecular formula is C10H16N2O5. The van der Waals surface area contributed by atoms with Crippen LogP contribution in [0, 0.1) is 0 Å². The summed E-state index contributed by atoms with van der Waals surface area (Å²) in [7, 11) is 2.55. The van der Waals surface area contributed by atoms with Gasteiger partial charge in [-0.25, -0.2) is 0 Å². The lowest BCUT2D eigenvalue weighted by atomic mass is 10.3. The Morgan fingerprint density at radius 3 is 2.53 bits per heavy atom. The van der Waals surface area contributed by atoms with E-state index in [4.69, 9.17) is 0 Å². The minimum Gasteiger partial charge on any atom is -0.468 e. The minimum absolute atomic E-state index is 0.170. The zero-order chi connectivity index (χ0) is 13.0. The van der Waals surface area contributed by atoms with Crippen LogP contribution in [0.25, 0.3) is 0 Å². The molecule has 17 heavy (non-hydrogen) atoms. The smallest absolute Gasteiger partial charge is 0.325 e. The van der Waals surface area contributed by atoms with Gasteiger partial charge in [-0.05, 0) is 6.92 Å². The van der Waals surface area contributed by atoms with E-state index in [-0.39, 0.29) is 24.5 Å². The summed E-state index contributed by atoms with van der Waals surface area (Å²) in [6, 6.07) is -0.817. The number of rotatable bonds is 5. The normalized spacial score (nSPS) is 23.5. The summed E-state index contributed by atoms with van der Waals surface area (Å²) in [6.07, 6.45) is 0. The van der Waals surface area contributed by atoms with Crippen LogP contribution in [0.2, 0.25) is 0 Å². The summed E-state index contributed by atoms with van der Waals surface area (Å²) < 4.78 is 8.96. The van der Waals surface area contributed by atoms with Gasteiger partial charge in [0.15, 0.2) is 0 Å². The molecule has 0 aromatic carbocycles. The fourth-order valence-electron chi connectivity index (χ4n) is 1.46. The van der Waals surface area contributed by atoms with Crippen LogP contribution in [0.3, 0.4) is 0 Å². The second-order valence-corrected chi connectivity index (χ2v) is 3.71. The van der Waals surface area contributed by atoms with Gasteiger partial charge in [-0.2, -0.15) is 0 Å². The Bertz CT molecular complexity index is 331. The number of ether oxygens (including phenoxy) is 2. The van der Waals surface area contributed by atoms with Crippen molar-refractivity contribution in [3.8, 4) is 0 Å². The van der Waals surface area contributed by atoms with Crippen molar-refractivity contribution in [3.63, 3.8) is 0 Å². The van der Waals surface area contributed by atoms with Gasteiger partial charge in [0.1, 0.15) is 12.6 Å². The molecule has 1 fully saturated rings. The standard InChI is InChI=1S/C10H16N2O5/c1-6(9(14)11-4-8(13)16-2)12-5-7(12)10(15)17-3/h6-7H,4-5H2,1-3H3,(H,11,14). The lowest BCUT2D eigenvalue weighted by Crippen LogP contribution is -2.41. The molecule has 1 aliphatic heterocycles. The molecule has 3 atom stereocenters. The van der Waals surface area contributed by atoms with Crippen molar-refractivity contribution in [2.24, 2.45) is 0 Å². The van der Waals surface area contributed by atoms with E-state index < -0.39 is 12.0 Å². The predicted octanol–water partition coefficient (Wildman–Crippen LogP) is -1.48. The van der Waals surface area contributed by atoms with Crippen molar-refractivity contribution in [2.45, 2.75) is 19.0 Å². The molecule has 0 spiro atoms. The zero-order valence-electron chi connectivity index (χ0n) is 10.1. The number of carbonyl (C=O) groups excluding carboxylic acids is 3. The summed E-state index contributed by atoms with van der Waals surface area (Å²) in [4.78, 5) is 35.2. The molecule has 0 aromatic heterocycles. The average Bonchev–Trinajstić information content (AvgIpc) is 3.13. The van der Waals surface area contributed by atoms with Crippen LogP contribution in [0.15, 0.2) is 0 Å². The van der Waals surface area contributed by atoms with Crippen molar-refractivity contribution >= 4 is 17.8 Å². The van der Waals surface area contributed by atoms with Gasteiger partial charge >= 0.3 is 11.9 Å². The summed E-state index contributed by atoms with van der Waals surface area (Å²) >= 11 is 0. The monoisotopic (exact) mass is 244 g/mol. The highest BCUT2D eigenvalue weighted by atomic mass is 16.5. The van der Waals surface area contributed by atoms with Gasteiger partial charge in [0, 0.05) is 6.54 Å². The third kappa shape index (κ3) is 3.42. The third-order valence-corrected chi connectivity index (χ3v) is 2.64. The van der Waals surface area contributed by atoms with Crippen LogP contribution in [0.4, 0.5) is 0 Å². The first-order valence-electron chi connectivity index (χ1n) is 5.19. The number of nitrogens with zero attached hydrogens (tertiary/aromatic N) is 1. The Hall–Kier alpha value is -1.63. The predicted molar refractivity (Wildman–Crippen MR) is 57.0 cm³/mol. The second-order valence-electron chi connectivity index (χ2n) is 3.71. The molecule has 0 bridgehead atoms. The Morgan fingerprint density at radius 2 is 2.00 bits per heavy atom. The van der Waals surface area contributed by atoms with E-state index in [1.54, 1.807) is 11.8 Å². The maximum atomic E-state index is 11.6. The molecule has 0 saturated carbocycles. The van der Waals surface area contributed by atoms with Gasteiger partial charge < -0.3 is 14.8 Å². The summed E-state index contributed by atoms with van der Waals surface area (Å²) in [5.74, 6) is -1.18. The van der Waals surface area contributed by atoms with E-state index in [0.29, 0.717) is 6.54 Å². The van der Waals surface area contributed by atoms with Crippen molar-refractivity contribution in [3.05, 3.63) is 0 Å². The molecule has 96 valence electrons. The van der Waals surface area contributed by atoms with Gasteiger partial charge in [-0.1, -0.05) is 0 Å². The lowest BCUT2D eigenvalue weighted by Gasteiger charge is -2.13. The van der Waals surface area contributed by atoms with E-state index in [1.165, 1.54) is 14.2 Å². The van der Waals surface area contributed by atoms with Crippen molar-refractivity contribution in [1.82, 2.24) is 10.2 Å². The Kier molecular flexibility index (Phi) is 4.45. The zero-order valence-corrected chi connectivity index (χ0v) is 10.1. The van der Waals surface area contributed by atoms with Crippen molar-refractivity contribution in [2.75, 3.05) is 27.3 Å². The average molecular weight is 244 g/mol. The summed E-state index contributed by atoms with van der Waals surface area (Å²) in [5.41, 5.74) is 0. The Labute approximate surface area is 99.0 Å². The Morgan fingerprint density at radius 1 is 1.35 bits per heavy atom. The van der Waals surface area contributed by atoms with E-state index >= 15 is 0 Å². The maximum absolute atomic E-state index is 11.6. The molecule has 1 amide bonds. The number of carbonyl (C=O) groups is 3. The van der Waals surface area contributed by atoms with Crippen LogP contribution in [-0.2, 0) is 23.9 Å². The Balaban J connectivity index is 2.34. The molecule has 7 nitrogen and oxygen atoms in total. The van der Waals surface area contributed by atoms with Gasteiger partial charge in [-0.3, -0.25) is 19.3 Å². The van der Waals surface area contributed by atoms with Crippen LogP contribution >= 0.6 is 0 Å². The molecule has 1 heterocycles. The third-order valence-electron chi connectivity index (χ3n) is 2.64. The fraction of sp³-hybridized carbons (Fsp3) is 0.700. The number of nitrogens with one attached hydrogen (secondary N) is 1. The van der Waals surface area contributed by atoms with Crippen LogP contribution in [0.1, 0.15) is 6.92 Å². The van der Waals surface area contributed by atoms with Gasteiger partial charge in [0.05, 0.1) is 20.3 Å². The highest BCUT2D eigenvalue weighted by molar-refractivity contribution is 5.87. The van der Waals surface area contributed by atoms with Gasteiger partial charge in [-0.15, -0.1) is 0 Å². The molecule has 0 aliphatic carbocycles. The molecule has 1 saturated heterocycles.